The van der Waals surface area contributed by atoms with Gasteiger partial charge in [0, 0.05) is 23.4 Å². The van der Waals surface area contributed by atoms with Crippen molar-refractivity contribution in [3.63, 3.8) is 0 Å². The highest BCUT2D eigenvalue weighted by Gasteiger charge is 2.34. The van der Waals surface area contributed by atoms with Crippen LogP contribution in [-0.2, 0) is 11.8 Å². The summed E-state index contributed by atoms with van der Waals surface area (Å²) in [7, 11) is 0. The number of rotatable bonds is 4. The van der Waals surface area contributed by atoms with E-state index in [1.807, 2.05) is 6.07 Å². The Balaban J connectivity index is 1.78. The summed E-state index contributed by atoms with van der Waals surface area (Å²) in [6, 6.07) is 10.9. The molecule has 2 aliphatic carbocycles. The third-order valence-electron chi connectivity index (χ3n) is 4.91. The van der Waals surface area contributed by atoms with E-state index in [9.17, 15) is 4.79 Å². The van der Waals surface area contributed by atoms with Crippen LogP contribution in [0.5, 0.6) is 0 Å². The number of benzene rings is 1. The van der Waals surface area contributed by atoms with Gasteiger partial charge in [0.1, 0.15) is 0 Å². The number of nitrogens with zero attached hydrogens (tertiary/aromatic N) is 2. The number of aromatic nitrogens is 2. The first-order valence-electron chi connectivity index (χ1n) is 8.41. The molecule has 1 fully saturated rings. The van der Waals surface area contributed by atoms with Crippen LogP contribution in [0.4, 0.5) is 5.82 Å². The van der Waals surface area contributed by atoms with Gasteiger partial charge in [-0.1, -0.05) is 56.0 Å². The molecule has 4 heteroatoms. The highest BCUT2D eigenvalue weighted by Crippen LogP contribution is 2.39. The van der Waals surface area contributed by atoms with Gasteiger partial charge in [-0.25, -0.2) is 0 Å². The quantitative estimate of drug-likeness (QED) is 0.872. The van der Waals surface area contributed by atoms with E-state index in [1.54, 1.807) is 0 Å². The molecule has 0 bridgehead atoms. The minimum Gasteiger partial charge on any atom is -0.365 e. The summed E-state index contributed by atoms with van der Waals surface area (Å²) in [5.41, 5.74) is 3.08. The van der Waals surface area contributed by atoms with E-state index < -0.39 is 0 Å². The van der Waals surface area contributed by atoms with Crippen LogP contribution in [0, 0.1) is 0 Å². The molecule has 1 atom stereocenters. The van der Waals surface area contributed by atoms with Crippen LogP contribution in [0.15, 0.2) is 49.1 Å². The molecule has 4 rings (SSSR count). The number of fused-ring (bicyclic) bond motifs is 1. The summed E-state index contributed by atoms with van der Waals surface area (Å²) < 4.78 is 1.51. The molecule has 1 saturated carbocycles. The first-order chi connectivity index (χ1) is 11.6. The van der Waals surface area contributed by atoms with Gasteiger partial charge in [-0.15, -0.1) is 5.10 Å². The fourth-order valence-corrected chi connectivity index (χ4v) is 3.30. The van der Waals surface area contributed by atoms with Crippen molar-refractivity contribution >= 4 is 17.8 Å². The average molecular weight is 319 g/mol. The molecule has 122 valence electrons. The predicted octanol–water partition coefficient (Wildman–Crippen LogP) is 3.81. The Hall–Kier alpha value is -2.62. The molecule has 24 heavy (non-hydrogen) atoms. The van der Waals surface area contributed by atoms with Crippen LogP contribution in [0.25, 0.3) is 6.08 Å². The summed E-state index contributed by atoms with van der Waals surface area (Å²) in [5.74, 6) is 0.634. The van der Waals surface area contributed by atoms with Gasteiger partial charge in [0.05, 0.1) is 5.69 Å². The second-order valence-electron chi connectivity index (χ2n) is 6.88. The molecule has 1 aromatic heterocycles. The number of allylic oxidation sites excluding steroid dienone is 2. The van der Waals surface area contributed by atoms with Crippen molar-refractivity contribution in [1.82, 2.24) is 9.78 Å². The van der Waals surface area contributed by atoms with Crippen molar-refractivity contribution in [3.8, 4) is 0 Å². The normalized spacial score (nSPS) is 22.0. The summed E-state index contributed by atoms with van der Waals surface area (Å²) in [5, 5.41) is 7.98. The SMILES string of the molecule is C=CC(=O)n1nc(NC2CC2)c2c1CC(C)(c1ccccc1)C=C2. The van der Waals surface area contributed by atoms with Gasteiger partial charge in [0.25, 0.3) is 5.91 Å². The fraction of sp³-hybridized carbons (Fsp3) is 0.300. The molecule has 0 aliphatic heterocycles. The molecule has 1 heterocycles. The van der Waals surface area contributed by atoms with E-state index in [1.165, 1.54) is 29.2 Å². The van der Waals surface area contributed by atoms with Gasteiger partial charge in [0.15, 0.2) is 5.82 Å². The van der Waals surface area contributed by atoms with Gasteiger partial charge in [-0.05, 0) is 24.5 Å². The van der Waals surface area contributed by atoms with Crippen LogP contribution >= 0.6 is 0 Å². The van der Waals surface area contributed by atoms with Crippen molar-refractivity contribution in [2.75, 3.05) is 5.32 Å². The summed E-state index contributed by atoms with van der Waals surface area (Å²) in [6.07, 6.45) is 8.74. The van der Waals surface area contributed by atoms with E-state index in [2.05, 4.69) is 60.3 Å². The largest absolute Gasteiger partial charge is 0.365 e. The predicted molar refractivity (Wildman–Crippen MR) is 96.2 cm³/mol. The van der Waals surface area contributed by atoms with E-state index in [4.69, 9.17) is 0 Å². The van der Waals surface area contributed by atoms with E-state index >= 15 is 0 Å². The molecular formula is C20H21N3O. The zero-order chi connectivity index (χ0) is 16.7. The van der Waals surface area contributed by atoms with Crippen molar-refractivity contribution in [2.24, 2.45) is 0 Å². The maximum absolute atomic E-state index is 12.3. The third-order valence-corrected chi connectivity index (χ3v) is 4.91. The number of nitrogens with one attached hydrogen (secondary N) is 1. The molecule has 1 N–H and O–H groups in total. The molecule has 0 radical (unpaired) electrons. The van der Waals surface area contributed by atoms with Crippen LogP contribution in [0.3, 0.4) is 0 Å². The maximum Gasteiger partial charge on any atom is 0.270 e. The lowest BCUT2D eigenvalue weighted by atomic mass is 9.75. The Morgan fingerprint density at radius 1 is 1.38 bits per heavy atom. The topological polar surface area (TPSA) is 46.9 Å². The van der Waals surface area contributed by atoms with Crippen molar-refractivity contribution in [3.05, 3.63) is 65.9 Å². The Bertz CT molecular complexity index is 830. The van der Waals surface area contributed by atoms with Crippen LogP contribution in [0.2, 0.25) is 0 Å². The summed E-state index contributed by atoms with van der Waals surface area (Å²) in [4.78, 5) is 12.3. The number of hydrogen-bond acceptors (Lipinski definition) is 3. The fourth-order valence-electron chi connectivity index (χ4n) is 3.30. The lowest BCUT2D eigenvalue weighted by Gasteiger charge is -2.30. The lowest BCUT2D eigenvalue weighted by molar-refractivity contribution is 0.0950. The second-order valence-corrected chi connectivity index (χ2v) is 6.88. The molecule has 4 nitrogen and oxygen atoms in total. The van der Waals surface area contributed by atoms with Crippen molar-refractivity contribution < 1.29 is 4.79 Å². The van der Waals surface area contributed by atoms with Gasteiger partial charge >= 0.3 is 0 Å². The van der Waals surface area contributed by atoms with Gasteiger partial charge in [-0.3, -0.25) is 4.79 Å². The summed E-state index contributed by atoms with van der Waals surface area (Å²) in [6.45, 7) is 5.81. The molecule has 0 amide bonds. The molecule has 1 aromatic carbocycles. The number of carbonyl (C=O) groups is 1. The van der Waals surface area contributed by atoms with Crippen LogP contribution < -0.4 is 5.32 Å². The molecule has 2 aromatic rings. The Morgan fingerprint density at radius 3 is 2.79 bits per heavy atom. The van der Waals surface area contributed by atoms with Gasteiger partial charge in [0.2, 0.25) is 0 Å². The van der Waals surface area contributed by atoms with Crippen molar-refractivity contribution in [1.29, 1.82) is 0 Å². The molecule has 0 spiro atoms. The Labute approximate surface area is 141 Å². The zero-order valence-corrected chi connectivity index (χ0v) is 13.8. The summed E-state index contributed by atoms with van der Waals surface area (Å²) >= 11 is 0. The van der Waals surface area contributed by atoms with Gasteiger partial charge < -0.3 is 5.32 Å². The minimum atomic E-state index is -0.180. The second kappa shape index (κ2) is 5.48. The highest BCUT2D eigenvalue weighted by atomic mass is 16.2. The van der Waals surface area contributed by atoms with E-state index in [-0.39, 0.29) is 11.3 Å². The van der Waals surface area contributed by atoms with Crippen molar-refractivity contribution in [2.45, 2.75) is 37.6 Å². The lowest BCUT2D eigenvalue weighted by Crippen LogP contribution is -2.27. The first-order valence-corrected chi connectivity index (χ1v) is 8.41. The number of anilines is 1. The Kier molecular flexibility index (Phi) is 3.41. The van der Waals surface area contributed by atoms with E-state index in [0.29, 0.717) is 6.04 Å². The molecule has 1 unspecified atom stereocenters. The molecule has 0 saturated heterocycles. The maximum atomic E-state index is 12.3. The Morgan fingerprint density at radius 2 is 2.12 bits per heavy atom. The van der Waals surface area contributed by atoms with Crippen LogP contribution in [0.1, 0.15) is 41.4 Å². The third kappa shape index (κ3) is 2.48. The van der Waals surface area contributed by atoms with E-state index in [0.717, 1.165) is 23.5 Å². The number of hydrogen-bond donors (Lipinski definition) is 1. The highest BCUT2D eigenvalue weighted by molar-refractivity contribution is 5.91. The monoisotopic (exact) mass is 319 g/mol. The minimum absolute atomic E-state index is 0.148. The van der Waals surface area contributed by atoms with Crippen LogP contribution in [-0.4, -0.2) is 21.7 Å². The standard InChI is InChI=1S/C20H21N3O/c1-3-18(24)23-17-13-20(2,14-7-5-4-6-8-14)12-11-16(17)19(22-23)21-15-9-10-15/h3-8,11-12,15H,1,9-10,13H2,2H3,(H,21,22). The van der Waals surface area contributed by atoms with Gasteiger partial charge in [-0.2, -0.15) is 4.68 Å². The molecular weight excluding hydrogens is 298 g/mol. The smallest absolute Gasteiger partial charge is 0.270 e. The molecule has 2 aliphatic rings. The number of carbonyl (C=O) groups excluding carboxylic acids is 1. The first kappa shape index (κ1) is 14.9. The average Bonchev–Trinajstić information content (AvgIpc) is 3.36. The zero-order valence-electron chi connectivity index (χ0n) is 13.8.